The molecule has 1 aliphatic carbocycles. The molecule has 0 aromatic heterocycles. The molecular formula is C19H27NO. The zero-order chi connectivity index (χ0) is 15.3. The summed E-state index contributed by atoms with van der Waals surface area (Å²) >= 11 is 0. The summed E-state index contributed by atoms with van der Waals surface area (Å²) in [5.41, 5.74) is 0.610. The largest absolute Gasteiger partial charge is 0.385 e. The van der Waals surface area contributed by atoms with E-state index in [0.29, 0.717) is 18.3 Å². The minimum atomic E-state index is -0.712. The Hall–Kier alpha value is -1.38. The summed E-state index contributed by atoms with van der Waals surface area (Å²) in [5.74, 6) is 0.848. The number of aliphatic hydroxyl groups is 1. The van der Waals surface area contributed by atoms with Gasteiger partial charge in [-0.05, 0) is 44.3 Å². The lowest BCUT2D eigenvalue weighted by molar-refractivity contribution is 0.0663. The van der Waals surface area contributed by atoms with Crippen molar-refractivity contribution in [1.29, 1.82) is 0 Å². The van der Waals surface area contributed by atoms with Crippen LogP contribution in [0.3, 0.4) is 0 Å². The van der Waals surface area contributed by atoms with Gasteiger partial charge in [-0.15, -0.1) is 0 Å². The maximum Gasteiger partial charge on any atom is 0.0871 e. The molecule has 0 saturated heterocycles. The number of benzene rings is 1. The van der Waals surface area contributed by atoms with Crippen molar-refractivity contribution in [2.24, 2.45) is 5.92 Å². The van der Waals surface area contributed by atoms with Crippen LogP contribution in [0.5, 0.6) is 0 Å². The van der Waals surface area contributed by atoms with Crippen LogP contribution in [0.4, 0.5) is 0 Å². The first-order valence-corrected chi connectivity index (χ1v) is 7.76. The van der Waals surface area contributed by atoms with Gasteiger partial charge in [-0.1, -0.05) is 61.6 Å². The monoisotopic (exact) mass is 285 g/mol. The first kappa shape index (κ1) is 16.0. The Morgan fingerprint density at radius 2 is 1.90 bits per heavy atom. The van der Waals surface area contributed by atoms with Crippen molar-refractivity contribution in [3.63, 3.8) is 0 Å². The molecule has 0 amide bonds. The summed E-state index contributed by atoms with van der Waals surface area (Å²) in [6, 6.07) is 10.6. The van der Waals surface area contributed by atoms with Crippen LogP contribution in [-0.4, -0.2) is 36.2 Å². The quantitative estimate of drug-likeness (QED) is 0.863. The first-order valence-electron chi connectivity index (χ1n) is 7.76. The van der Waals surface area contributed by atoms with Crippen molar-refractivity contribution in [2.45, 2.75) is 31.3 Å². The highest BCUT2D eigenvalue weighted by Gasteiger charge is 2.31. The van der Waals surface area contributed by atoms with E-state index in [4.69, 9.17) is 0 Å². The topological polar surface area (TPSA) is 23.5 Å². The third kappa shape index (κ3) is 4.55. The molecule has 2 rings (SSSR count). The van der Waals surface area contributed by atoms with E-state index < -0.39 is 5.60 Å². The summed E-state index contributed by atoms with van der Waals surface area (Å²) in [5, 5.41) is 10.8. The minimum absolute atomic E-state index is 0.356. The van der Waals surface area contributed by atoms with Gasteiger partial charge in [0.2, 0.25) is 0 Å². The zero-order valence-corrected chi connectivity index (χ0v) is 13.4. The fourth-order valence-electron chi connectivity index (χ4n) is 3.24. The Morgan fingerprint density at radius 1 is 1.19 bits per heavy atom. The highest BCUT2D eigenvalue weighted by molar-refractivity contribution is 5.24. The summed E-state index contributed by atoms with van der Waals surface area (Å²) in [6.07, 6.45) is 9.45. The highest BCUT2D eigenvalue weighted by atomic mass is 16.3. The molecule has 1 aromatic carbocycles. The van der Waals surface area contributed by atoms with Gasteiger partial charge in [-0.25, -0.2) is 0 Å². The molecule has 1 aliphatic rings. The van der Waals surface area contributed by atoms with Gasteiger partial charge in [-0.2, -0.15) is 0 Å². The summed E-state index contributed by atoms with van der Waals surface area (Å²) < 4.78 is 0. The number of rotatable bonds is 6. The molecule has 0 spiro atoms. The number of allylic oxidation sites excluding steroid dienone is 2. The SMILES string of the molecule is C[C@H](CN(C)C)C(C[C@@]1(O)C=CC=CC1)c1ccccc1. The molecular weight excluding hydrogens is 258 g/mol. The maximum atomic E-state index is 10.8. The van der Waals surface area contributed by atoms with Crippen molar-refractivity contribution in [3.8, 4) is 0 Å². The van der Waals surface area contributed by atoms with Crippen LogP contribution in [0.2, 0.25) is 0 Å². The Bertz CT molecular complexity index is 492. The van der Waals surface area contributed by atoms with Crippen LogP contribution in [0.15, 0.2) is 54.6 Å². The summed E-state index contributed by atoms with van der Waals surface area (Å²) in [6.45, 7) is 3.30. The Balaban J connectivity index is 2.20. The van der Waals surface area contributed by atoms with Gasteiger partial charge in [0.15, 0.2) is 0 Å². The number of nitrogens with zero attached hydrogens (tertiary/aromatic N) is 1. The summed E-state index contributed by atoms with van der Waals surface area (Å²) in [4.78, 5) is 2.22. The van der Waals surface area contributed by atoms with Crippen molar-refractivity contribution in [3.05, 3.63) is 60.2 Å². The Labute approximate surface area is 128 Å². The van der Waals surface area contributed by atoms with Crippen molar-refractivity contribution < 1.29 is 5.11 Å². The lowest BCUT2D eigenvalue weighted by Gasteiger charge is -2.34. The second-order valence-electron chi connectivity index (χ2n) is 6.56. The van der Waals surface area contributed by atoms with E-state index in [0.717, 1.165) is 13.0 Å². The molecule has 0 fully saturated rings. The van der Waals surface area contributed by atoms with Crippen LogP contribution in [0.25, 0.3) is 0 Å². The molecule has 114 valence electrons. The van der Waals surface area contributed by atoms with Gasteiger partial charge < -0.3 is 10.0 Å². The van der Waals surface area contributed by atoms with Gasteiger partial charge in [-0.3, -0.25) is 0 Å². The van der Waals surface area contributed by atoms with Crippen LogP contribution in [0.1, 0.15) is 31.2 Å². The van der Waals surface area contributed by atoms with E-state index in [-0.39, 0.29) is 0 Å². The summed E-state index contributed by atoms with van der Waals surface area (Å²) in [7, 11) is 4.22. The minimum Gasteiger partial charge on any atom is -0.385 e. The third-order valence-corrected chi connectivity index (χ3v) is 4.27. The first-order chi connectivity index (χ1) is 10.0. The van der Waals surface area contributed by atoms with Gasteiger partial charge in [0.25, 0.3) is 0 Å². The standard InChI is InChI=1S/C19H27NO/c1-16(15-20(2)3)18(17-10-6-4-7-11-17)14-19(21)12-8-5-9-13-19/h4-12,16,18,21H,13-15H2,1-3H3/t16-,18?,19-/m1/s1. The molecule has 3 atom stereocenters. The lowest BCUT2D eigenvalue weighted by Crippen LogP contribution is -2.33. The van der Waals surface area contributed by atoms with Crippen LogP contribution in [0, 0.1) is 5.92 Å². The van der Waals surface area contributed by atoms with Crippen LogP contribution in [-0.2, 0) is 0 Å². The molecule has 2 heteroatoms. The molecule has 0 saturated carbocycles. The lowest BCUT2D eigenvalue weighted by atomic mass is 9.76. The molecule has 0 radical (unpaired) electrons. The van der Waals surface area contributed by atoms with Crippen molar-refractivity contribution >= 4 is 0 Å². The zero-order valence-electron chi connectivity index (χ0n) is 13.4. The molecule has 0 heterocycles. The van der Waals surface area contributed by atoms with Gasteiger partial charge in [0.1, 0.15) is 0 Å². The predicted molar refractivity (Wildman–Crippen MR) is 89.4 cm³/mol. The smallest absolute Gasteiger partial charge is 0.0871 e. The Kier molecular flexibility index (Phi) is 5.38. The second kappa shape index (κ2) is 7.06. The number of hydrogen-bond acceptors (Lipinski definition) is 2. The Morgan fingerprint density at radius 3 is 2.48 bits per heavy atom. The van der Waals surface area contributed by atoms with Gasteiger partial charge in [0.05, 0.1) is 5.60 Å². The van der Waals surface area contributed by atoms with Crippen molar-refractivity contribution in [2.75, 3.05) is 20.6 Å². The maximum absolute atomic E-state index is 10.8. The van der Waals surface area contributed by atoms with Gasteiger partial charge in [0, 0.05) is 6.54 Å². The molecule has 2 nitrogen and oxygen atoms in total. The fourth-order valence-corrected chi connectivity index (χ4v) is 3.24. The third-order valence-electron chi connectivity index (χ3n) is 4.27. The van der Waals surface area contributed by atoms with Crippen LogP contribution >= 0.6 is 0 Å². The van der Waals surface area contributed by atoms with E-state index >= 15 is 0 Å². The predicted octanol–water partition coefficient (Wildman–Crippen LogP) is 3.61. The van der Waals surface area contributed by atoms with E-state index in [1.54, 1.807) is 0 Å². The molecule has 0 aliphatic heterocycles. The molecule has 21 heavy (non-hydrogen) atoms. The van der Waals surface area contributed by atoms with Gasteiger partial charge >= 0.3 is 0 Å². The van der Waals surface area contributed by atoms with Crippen molar-refractivity contribution in [1.82, 2.24) is 4.90 Å². The van der Waals surface area contributed by atoms with E-state index in [9.17, 15) is 5.11 Å². The fraction of sp³-hybridized carbons (Fsp3) is 0.474. The normalized spacial score (nSPS) is 24.2. The van der Waals surface area contributed by atoms with E-state index in [1.807, 2.05) is 18.2 Å². The van der Waals surface area contributed by atoms with E-state index in [2.05, 4.69) is 62.3 Å². The highest BCUT2D eigenvalue weighted by Crippen LogP contribution is 2.36. The average molecular weight is 285 g/mol. The molecule has 0 bridgehead atoms. The molecule has 1 N–H and O–H groups in total. The molecule has 1 unspecified atom stereocenters. The van der Waals surface area contributed by atoms with E-state index in [1.165, 1.54) is 5.56 Å². The molecule has 1 aromatic rings. The van der Waals surface area contributed by atoms with Crippen LogP contribution < -0.4 is 0 Å². The number of hydrogen-bond donors (Lipinski definition) is 1. The second-order valence-corrected chi connectivity index (χ2v) is 6.56. The average Bonchev–Trinajstić information content (AvgIpc) is 2.46.